The largest absolute Gasteiger partial charge is 0.478 e. The molecule has 0 heterocycles. The van der Waals surface area contributed by atoms with E-state index in [0.717, 1.165) is 44.9 Å². The van der Waals surface area contributed by atoms with Crippen LogP contribution >= 0.6 is 0 Å². The number of ether oxygens (including phenoxy) is 2. The van der Waals surface area contributed by atoms with Gasteiger partial charge >= 0.3 is 17.9 Å². The fraction of sp³-hybridized carbons (Fsp3) is 0.808. The van der Waals surface area contributed by atoms with E-state index in [2.05, 4.69) is 19.1 Å². The first-order valence-electron chi connectivity index (χ1n) is 12.7. The van der Waals surface area contributed by atoms with E-state index in [9.17, 15) is 14.4 Å². The number of carbonyl (C=O) groups is 3. The Labute approximate surface area is 195 Å². The molecule has 6 nitrogen and oxygen atoms in total. The molecule has 0 aliphatic carbocycles. The first-order chi connectivity index (χ1) is 15.5. The third-order valence-electron chi connectivity index (χ3n) is 5.30. The molecular weight excluding hydrogens is 408 g/mol. The van der Waals surface area contributed by atoms with E-state index in [1.807, 2.05) is 6.92 Å². The molecule has 0 unspecified atom stereocenters. The van der Waals surface area contributed by atoms with Crippen LogP contribution in [0.25, 0.3) is 0 Å². The van der Waals surface area contributed by atoms with E-state index in [-0.39, 0.29) is 13.0 Å². The minimum absolute atomic E-state index is 0.173. The number of carbonyl (C=O) groups excluding carboxylic acids is 2. The van der Waals surface area contributed by atoms with Crippen LogP contribution in [0.1, 0.15) is 123 Å². The summed E-state index contributed by atoms with van der Waals surface area (Å²) in [6.07, 6.45) is 19.6. The Kier molecular flexibility index (Phi) is 21.1. The number of esters is 2. The lowest BCUT2D eigenvalue weighted by Crippen LogP contribution is -2.30. The van der Waals surface area contributed by atoms with Crippen LogP contribution in [0.3, 0.4) is 0 Å². The fourth-order valence-corrected chi connectivity index (χ4v) is 3.28. The Morgan fingerprint density at radius 3 is 1.81 bits per heavy atom. The molecule has 0 saturated carbocycles. The highest BCUT2D eigenvalue weighted by Crippen LogP contribution is 2.11. The van der Waals surface area contributed by atoms with Gasteiger partial charge in [0.15, 0.2) is 0 Å². The number of allylic oxidation sites excluding steroid dienone is 2. The summed E-state index contributed by atoms with van der Waals surface area (Å²) >= 11 is 0. The molecule has 1 atom stereocenters. The van der Waals surface area contributed by atoms with E-state index in [4.69, 9.17) is 14.6 Å². The van der Waals surface area contributed by atoms with Gasteiger partial charge in [-0.1, -0.05) is 83.8 Å². The van der Waals surface area contributed by atoms with Crippen molar-refractivity contribution >= 4 is 17.9 Å². The first kappa shape index (κ1) is 30.1. The van der Waals surface area contributed by atoms with Crippen LogP contribution in [0.15, 0.2) is 12.2 Å². The van der Waals surface area contributed by atoms with Crippen molar-refractivity contribution in [2.75, 3.05) is 6.61 Å². The van der Waals surface area contributed by atoms with Crippen LogP contribution in [0.5, 0.6) is 0 Å². The second kappa shape index (κ2) is 22.3. The number of carboxylic acids is 1. The maximum absolute atomic E-state index is 11.9. The summed E-state index contributed by atoms with van der Waals surface area (Å²) in [7, 11) is 0. The highest BCUT2D eigenvalue weighted by Gasteiger charge is 2.26. The van der Waals surface area contributed by atoms with Gasteiger partial charge in [0, 0.05) is 6.42 Å². The standard InChI is InChI=1S/C26H46O6/c1-3-5-7-8-9-10-11-12-13-14-15-16-17-18-19-20-24(27)32-23(26(29)30)22-25(28)31-21-6-4-2/h12-13,23H,3-11,14-22H2,1-2H3,(H,29,30)/b13-12-/t23-/m1/s1. The Morgan fingerprint density at radius 2 is 1.25 bits per heavy atom. The molecule has 0 aromatic rings. The van der Waals surface area contributed by atoms with Crippen molar-refractivity contribution in [1.29, 1.82) is 0 Å². The molecular formula is C26H46O6. The maximum atomic E-state index is 11.9. The van der Waals surface area contributed by atoms with Gasteiger partial charge in [0.25, 0.3) is 0 Å². The number of carboxylic acid groups (broad SMARTS) is 1. The quantitative estimate of drug-likeness (QED) is 0.110. The smallest absolute Gasteiger partial charge is 0.345 e. The van der Waals surface area contributed by atoms with Crippen LogP contribution in [0, 0.1) is 0 Å². The van der Waals surface area contributed by atoms with E-state index in [0.29, 0.717) is 6.42 Å². The Hall–Kier alpha value is -1.85. The lowest BCUT2D eigenvalue weighted by molar-refractivity contribution is -0.168. The second-order valence-electron chi connectivity index (χ2n) is 8.43. The Morgan fingerprint density at radius 1 is 0.719 bits per heavy atom. The molecule has 0 aliphatic heterocycles. The van der Waals surface area contributed by atoms with Crippen LogP contribution in [-0.2, 0) is 23.9 Å². The molecule has 0 saturated heterocycles. The SMILES string of the molecule is CCCCCCCC/C=C\CCCCCCCC(=O)O[C@H](CC(=O)OCCCC)C(=O)O. The normalized spacial score (nSPS) is 12.1. The van der Waals surface area contributed by atoms with Gasteiger partial charge in [0.1, 0.15) is 0 Å². The van der Waals surface area contributed by atoms with E-state index in [1.165, 1.54) is 44.9 Å². The molecule has 1 N–H and O–H groups in total. The van der Waals surface area contributed by atoms with Crippen molar-refractivity contribution in [2.45, 2.75) is 129 Å². The van der Waals surface area contributed by atoms with Crippen LogP contribution in [0.4, 0.5) is 0 Å². The zero-order valence-electron chi connectivity index (χ0n) is 20.4. The van der Waals surface area contributed by atoms with Gasteiger partial charge in [-0.15, -0.1) is 0 Å². The highest BCUT2D eigenvalue weighted by molar-refractivity contribution is 5.83. The predicted molar refractivity (Wildman–Crippen MR) is 127 cm³/mol. The molecule has 186 valence electrons. The number of aliphatic carboxylic acids is 1. The van der Waals surface area contributed by atoms with Gasteiger partial charge in [-0.3, -0.25) is 9.59 Å². The summed E-state index contributed by atoms with van der Waals surface area (Å²) < 4.78 is 9.90. The number of unbranched alkanes of at least 4 members (excludes halogenated alkanes) is 12. The summed E-state index contributed by atoms with van der Waals surface area (Å²) in [6, 6.07) is 0. The Bertz CT molecular complexity index is 514. The average Bonchev–Trinajstić information content (AvgIpc) is 2.76. The number of hydrogen-bond donors (Lipinski definition) is 1. The maximum Gasteiger partial charge on any atom is 0.345 e. The summed E-state index contributed by atoms with van der Waals surface area (Å²) in [4.78, 5) is 34.7. The molecule has 32 heavy (non-hydrogen) atoms. The van der Waals surface area contributed by atoms with Crippen molar-refractivity contribution in [2.24, 2.45) is 0 Å². The van der Waals surface area contributed by atoms with Crippen molar-refractivity contribution < 1.29 is 29.0 Å². The summed E-state index contributed by atoms with van der Waals surface area (Å²) in [5.41, 5.74) is 0. The molecule has 0 bridgehead atoms. The molecule has 0 radical (unpaired) electrons. The lowest BCUT2D eigenvalue weighted by Gasteiger charge is -2.13. The van der Waals surface area contributed by atoms with Crippen LogP contribution in [-0.4, -0.2) is 35.7 Å². The van der Waals surface area contributed by atoms with Gasteiger partial charge in [-0.25, -0.2) is 4.79 Å². The Balaban J connectivity index is 3.69. The molecule has 0 fully saturated rings. The molecule has 0 aromatic carbocycles. The monoisotopic (exact) mass is 454 g/mol. The summed E-state index contributed by atoms with van der Waals surface area (Å²) in [6.45, 7) is 4.46. The van der Waals surface area contributed by atoms with Gasteiger partial charge in [0.05, 0.1) is 13.0 Å². The average molecular weight is 455 g/mol. The van der Waals surface area contributed by atoms with E-state index >= 15 is 0 Å². The zero-order valence-corrected chi connectivity index (χ0v) is 20.4. The minimum Gasteiger partial charge on any atom is -0.478 e. The van der Waals surface area contributed by atoms with Gasteiger partial charge < -0.3 is 14.6 Å². The van der Waals surface area contributed by atoms with Gasteiger partial charge in [0.2, 0.25) is 6.10 Å². The van der Waals surface area contributed by atoms with Crippen molar-refractivity contribution in [1.82, 2.24) is 0 Å². The molecule has 0 rings (SSSR count). The summed E-state index contributed by atoms with van der Waals surface area (Å²) in [5, 5.41) is 9.16. The van der Waals surface area contributed by atoms with Gasteiger partial charge in [-0.2, -0.15) is 0 Å². The topological polar surface area (TPSA) is 89.9 Å². The fourth-order valence-electron chi connectivity index (χ4n) is 3.28. The summed E-state index contributed by atoms with van der Waals surface area (Å²) in [5.74, 6) is -2.55. The number of rotatable bonds is 22. The highest BCUT2D eigenvalue weighted by atomic mass is 16.6. The third kappa shape index (κ3) is 20.1. The third-order valence-corrected chi connectivity index (χ3v) is 5.30. The lowest BCUT2D eigenvalue weighted by atomic mass is 10.1. The van der Waals surface area contributed by atoms with E-state index < -0.39 is 30.4 Å². The molecule has 0 spiro atoms. The zero-order chi connectivity index (χ0) is 23.9. The van der Waals surface area contributed by atoms with Crippen LogP contribution in [0.2, 0.25) is 0 Å². The second-order valence-corrected chi connectivity index (χ2v) is 8.43. The molecule has 6 heteroatoms. The van der Waals surface area contributed by atoms with Crippen LogP contribution < -0.4 is 0 Å². The first-order valence-corrected chi connectivity index (χ1v) is 12.7. The molecule has 0 aliphatic rings. The van der Waals surface area contributed by atoms with Crippen molar-refractivity contribution in [3.8, 4) is 0 Å². The molecule has 0 amide bonds. The van der Waals surface area contributed by atoms with Crippen molar-refractivity contribution in [3.63, 3.8) is 0 Å². The predicted octanol–water partition coefficient (Wildman–Crippen LogP) is 6.75. The van der Waals surface area contributed by atoms with E-state index in [1.54, 1.807) is 0 Å². The van der Waals surface area contributed by atoms with Gasteiger partial charge in [-0.05, 0) is 38.5 Å². The number of hydrogen-bond acceptors (Lipinski definition) is 5. The van der Waals surface area contributed by atoms with Crippen molar-refractivity contribution in [3.05, 3.63) is 12.2 Å². The minimum atomic E-state index is -1.47. The molecule has 0 aromatic heterocycles.